The summed E-state index contributed by atoms with van der Waals surface area (Å²) >= 11 is 0. The molecule has 3 fully saturated rings. The molecule has 2 saturated carbocycles. The smallest absolute Gasteiger partial charge is 0.419 e. The lowest BCUT2D eigenvalue weighted by molar-refractivity contribution is -0.154. The SMILES string of the molecule is CCC(=O)N(C)[C@]1(C)C[C@H](C(=O)N2CCC3(CC2)CC(c2ccc(OC)c(C(F)(F)F)c2)C3)C1. The van der Waals surface area contributed by atoms with E-state index in [1.54, 1.807) is 11.0 Å². The molecule has 1 saturated heterocycles. The van der Waals surface area contributed by atoms with E-state index < -0.39 is 11.7 Å². The van der Waals surface area contributed by atoms with Gasteiger partial charge in [0.15, 0.2) is 0 Å². The van der Waals surface area contributed by atoms with Crippen molar-refractivity contribution in [3.05, 3.63) is 29.3 Å². The van der Waals surface area contributed by atoms with Crippen LogP contribution in [0.1, 0.15) is 75.8 Å². The van der Waals surface area contributed by atoms with Gasteiger partial charge in [0.1, 0.15) is 5.75 Å². The largest absolute Gasteiger partial charge is 0.496 e. The highest BCUT2D eigenvalue weighted by Gasteiger charge is 2.51. The zero-order valence-electron chi connectivity index (χ0n) is 20.5. The number of hydrogen-bond acceptors (Lipinski definition) is 3. The number of halogens is 3. The summed E-state index contributed by atoms with van der Waals surface area (Å²) in [6.07, 6.45) is 0.964. The van der Waals surface area contributed by atoms with Gasteiger partial charge in [-0.25, -0.2) is 0 Å². The summed E-state index contributed by atoms with van der Waals surface area (Å²) in [4.78, 5) is 28.8. The topological polar surface area (TPSA) is 49.9 Å². The molecule has 1 spiro atoms. The number of ether oxygens (including phenoxy) is 1. The van der Waals surface area contributed by atoms with Crippen LogP contribution in [0.15, 0.2) is 18.2 Å². The molecule has 0 bridgehead atoms. The van der Waals surface area contributed by atoms with Gasteiger partial charge in [0.2, 0.25) is 11.8 Å². The maximum absolute atomic E-state index is 13.4. The molecule has 1 aliphatic heterocycles. The normalized spacial score (nSPS) is 26.6. The van der Waals surface area contributed by atoms with Crippen LogP contribution in [0.4, 0.5) is 13.2 Å². The van der Waals surface area contributed by atoms with Gasteiger partial charge >= 0.3 is 6.18 Å². The van der Waals surface area contributed by atoms with Crippen LogP contribution in [0, 0.1) is 11.3 Å². The number of rotatable bonds is 5. The van der Waals surface area contributed by atoms with Gasteiger partial charge in [-0.15, -0.1) is 0 Å². The number of methoxy groups -OCH3 is 1. The molecule has 8 heteroatoms. The Hall–Kier alpha value is -2.25. The van der Waals surface area contributed by atoms with E-state index in [9.17, 15) is 22.8 Å². The number of carbonyl (C=O) groups is 2. The first-order chi connectivity index (χ1) is 15.9. The zero-order chi connectivity index (χ0) is 24.9. The predicted octanol–water partition coefficient (Wildman–Crippen LogP) is 5.24. The molecule has 188 valence electrons. The highest BCUT2D eigenvalue weighted by molar-refractivity contribution is 5.82. The van der Waals surface area contributed by atoms with E-state index in [1.807, 2.05) is 25.8 Å². The second-order valence-electron chi connectivity index (χ2n) is 10.8. The monoisotopic (exact) mass is 480 g/mol. The summed E-state index contributed by atoms with van der Waals surface area (Å²) in [6.45, 7) is 5.31. The van der Waals surface area contributed by atoms with Crippen LogP contribution in [-0.2, 0) is 15.8 Å². The van der Waals surface area contributed by atoms with E-state index in [-0.39, 0.29) is 40.4 Å². The lowest BCUT2D eigenvalue weighted by Crippen LogP contribution is -2.60. The third-order valence-corrected chi connectivity index (χ3v) is 8.70. The maximum Gasteiger partial charge on any atom is 0.419 e. The summed E-state index contributed by atoms with van der Waals surface area (Å²) in [5.41, 5.74) is -0.106. The fourth-order valence-corrected chi connectivity index (χ4v) is 6.28. The Morgan fingerprint density at radius 3 is 2.29 bits per heavy atom. The van der Waals surface area contributed by atoms with Crippen LogP contribution in [0.3, 0.4) is 0 Å². The standard InChI is InChI=1S/C26H35F3N2O3/c1-5-22(32)30(3)24(2)13-19(14-24)23(33)31-10-8-25(9-11-31)15-18(16-25)17-6-7-21(34-4)20(12-17)26(27,28)29/h6-7,12,18-19H,5,8-11,13-16H2,1-4H3/t19-,24+. The molecule has 0 unspecified atom stereocenters. The van der Waals surface area contributed by atoms with E-state index in [2.05, 4.69) is 0 Å². The summed E-state index contributed by atoms with van der Waals surface area (Å²) in [5.74, 6) is 0.237. The minimum atomic E-state index is -4.44. The Labute approximate surface area is 199 Å². The molecule has 1 aromatic rings. The average Bonchev–Trinajstić information content (AvgIpc) is 2.78. The molecule has 0 atom stereocenters. The average molecular weight is 481 g/mol. The number of piperidine rings is 1. The van der Waals surface area contributed by atoms with Crippen molar-refractivity contribution in [2.45, 2.75) is 76.4 Å². The van der Waals surface area contributed by atoms with E-state index in [4.69, 9.17) is 4.74 Å². The maximum atomic E-state index is 13.4. The van der Waals surface area contributed by atoms with Gasteiger partial charge < -0.3 is 14.5 Å². The van der Waals surface area contributed by atoms with Crippen molar-refractivity contribution < 1.29 is 27.5 Å². The molecule has 0 aromatic heterocycles. The molecule has 0 radical (unpaired) electrons. The minimum absolute atomic E-state index is 0.0274. The van der Waals surface area contributed by atoms with E-state index in [0.717, 1.165) is 31.2 Å². The Morgan fingerprint density at radius 2 is 1.76 bits per heavy atom. The van der Waals surface area contributed by atoms with Crippen LogP contribution in [-0.4, -0.2) is 54.4 Å². The van der Waals surface area contributed by atoms with E-state index >= 15 is 0 Å². The van der Waals surface area contributed by atoms with Crippen molar-refractivity contribution in [1.29, 1.82) is 0 Å². The predicted molar refractivity (Wildman–Crippen MR) is 122 cm³/mol. The Morgan fingerprint density at radius 1 is 1.15 bits per heavy atom. The lowest BCUT2D eigenvalue weighted by Gasteiger charge is -2.54. The van der Waals surface area contributed by atoms with Crippen LogP contribution < -0.4 is 4.74 Å². The molecule has 34 heavy (non-hydrogen) atoms. The van der Waals surface area contributed by atoms with Crippen LogP contribution in [0.5, 0.6) is 5.75 Å². The second-order valence-corrected chi connectivity index (χ2v) is 10.8. The molecule has 0 N–H and O–H groups in total. The van der Waals surface area contributed by atoms with Crippen molar-refractivity contribution in [1.82, 2.24) is 9.80 Å². The first-order valence-corrected chi connectivity index (χ1v) is 12.2. The van der Waals surface area contributed by atoms with Crippen LogP contribution >= 0.6 is 0 Å². The molecule has 5 nitrogen and oxygen atoms in total. The Kier molecular flexibility index (Phi) is 6.40. The molecule has 3 aliphatic rings. The van der Waals surface area contributed by atoms with E-state index in [1.165, 1.54) is 19.2 Å². The van der Waals surface area contributed by atoms with Crippen molar-refractivity contribution in [2.75, 3.05) is 27.2 Å². The highest BCUT2D eigenvalue weighted by Crippen LogP contribution is 2.57. The molecule has 2 aliphatic carbocycles. The zero-order valence-corrected chi connectivity index (χ0v) is 20.5. The van der Waals surface area contributed by atoms with Gasteiger partial charge in [0.25, 0.3) is 0 Å². The number of likely N-dealkylation sites (tertiary alicyclic amines) is 1. The summed E-state index contributed by atoms with van der Waals surface area (Å²) in [7, 11) is 3.08. The van der Waals surface area contributed by atoms with Crippen molar-refractivity contribution in [3.63, 3.8) is 0 Å². The number of amides is 2. The van der Waals surface area contributed by atoms with E-state index in [0.29, 0.717) is 32.4 Å². The highest BCUT2D eigenvalue weighted by atomic mass is 19.4. The number of hydrogen-bond donors (Lipinski definition) is 0. The van der Waals surface area contributed by atoms with Crippen molar-refractivity contribution in [3.8, 4) is 5.75 Å². The van der Waals surface area contributed by atoms with Gasteiger partial charge in [-0.2, -0.15) is 13.2 Å². The van der Waals surface area contributed by atoms with Crippen molar-refractivity contribution >= 4 is 11.8 Å². The van der Waals surface area contributed by atoms with Crippen LogP contribution in [0.2, 0.25) is 0 Å². The molecule has 1 heterocycles. The molecule has 1 aromatic carbocycles. The number of nitrogens with zero attached hydrogens (tertiary/aromatic N) is 2. The fraction of sp³-hybridized carbons (Fsp3) is 0.692. The second kappa shape index (κ2) is 8.76. The minimum Gasteiger partial charge on any atom is -0.496 e. The fourth-order valence-electron chi connectivity index (χ4n) is 6.28. The Bertz CT molecular complexity index is 939. The van der Waals surface area contributed by atoms with Crippen molar-refractivity contribution in [2.24, 2.45) is 11.3 Å². The lowest BCUT2D eigenvalue weighted by atomic mass is 9.56. The third-order valence-electron chi connectivity index (χ3n) is 8.70. The molecule has 4 rings (SSSR count). The summed E-state index contributed by atoms with van der Waals surface area (Å²) in [5, 5.41) is 0. The van der Waals surface area contributed by atoms with Gasteiger partial charge in [-0.05, 0) is 74.5 Å². The number of benzene rings is 1. The van der Waals surface area contributed by atoms with Gasteiger partial charge in [-0.1, -0.05) is 13.0 Å². The molecule has 2 amide bonds. The molecular weight excluding hydrogens is 445 g/mol. The number of alkyl halides is 3. The summed E-state index contributed by atoms with van der Waals surface area (Å²) in [6, 6.07) is 4.41. The van der Waals surface area contributed by atoms with Gasteiger partial charge in [0, 0.05) is 38.0 Å². The Balaban J connectivity index is 1.30. The first kappa shape index (κ1) is 24.9. The first-order valence-electron chi connectivity index (χ1n) is 12.2. The third kappa shape index (κ3) is 4.40. The van der Waals surface area contributed by atoms with Gasteiger partial charge in [0.05, 0.1) is 12.7 Å². The van der Waals surface area contributed by atoms with Crippen LogP contribution in [0.25, 0.3) is 0 Å². The van der Waals surface area contributed by atoms with Gasteiger partial charge in [-0.3, -0.25) is 9.59 Å². The molecular formula is C26H35F3N2O3. The quantitative estimate of drug-likeness (QED) is 0.579. The summed E-state index contributed by atoms with van der Waals surface area (Å²) < 4.78 is 45.0. The number of carbonyl (C=O) groups excluding carboxylic acids is 2.